The number of anilines is 2. The maximum atomic E-state index is 14.2. The number of halogens is 6. The van der Waals surface area contributed by atoms with Crippen LogP contribution in [0.4, 0.5) is 29.1 Å². The Morgan fingerprint density at radius 1 is 1.22 bits per heavy atom. The minimum Gasteiger partial charge on any atom is -0.461 e. The minimum absolute atomic E-state index is 0.0166. The number of ether oxygens (including phenoxy) is 2. The van der Waals surface area contributed by atoms with Crippen molar-refractivity contribution < 1.29 is 31.8 Å². The Hall–Kier alpha value is -3.66. The molecule has 0 unspecified atom stereocenters. The molecule has 0 saturated carbocycles. The highest BCUT2D eigenvalue weighted by atomic mass is 35.5. The monoisotopic (exact) mass is 740 g/mol. The molecule has 0 radical (unpaired) electrons. The summed E-state index contributed by atoms with van der Waals surface area (Å²) in [7, 11) is 3.12. The summed E-state index contributed by atoms with van der Waals surface area (Å²) in [4.78, 5) is 32.1. The van der Waals surface area contributed by atoms with Gasteiger partial charge in [-0.1, -0.05) is 23.2 Å². The Balaban J connectivity index is 1.38. The number of aliphatic imine (C=N–C) groups is 1. The first-order valence-electron chi connectivity index (χ1n) is 16.2. The van der Waals surface area contributed by atoms with E-state index in [1.54, 1.807) is 14.1 Å². The Kier molecular flexibility index (Phi) is 10.2. The average Bonchev–Trinajstić information content (AvgIpc) is 3.51. The summed E-state index contributed by atoms with van der Waals surface area (Å²) in [6, 6.07) is 2.30. The summed E-state index contributed by atoms with van der Waals surface area (Å²) in [6.07, 6.45) is -2.40. The number of hydrogen-bond acceptors (Lipinski definition) is 10. The first-order chi connectivity index (χ1) is 23.7. The normalized spacial score (nSPS) is 24.0. The minimum atomic E-state index is -4.76. The van der Waals surface area contributed by atoms with E-state index in [0.717, 1.165) is 25.5 Å². The molecule has 2 atom stereocenters. The fraction of sp³-hybridized carbons (Fsp3) is 0.515. The van der Waals surface area contributed by atoms with E-state index in [-0.39, 0.29) is 54.2 Å². The molecule has 1 aromatic carbocycles. The van der Waals surface area contributed by atoms with Crippen LogP contribution in [-0.2, 0) is 28.7 Å². The van der Waals surface area contributed by atoms with Crippen LogP contribution in [0.25, 0.3) is 0 Å². The van der Waals surface area contributed by atoms with Crippen LogP contribution >= 0.6 is 23.2 Å². The number of likely N-dealkylation sites (N-methyl/N-ethyl adjacent to an activating group) is 1. The second kappa shape index (κ2) is 14.2. The molecule has 5 heterocycles. The second-order valence-electron chi connectivity index (χ2n) is 13.2. The van der Waals surface area contributed by atoms with E-state index in [1.165, 1.54) is 11.0 Å². The fourth-order valence-electron chi connectivity index (χ4n) is 7.21. The molecule has 1 amide bonds. The number of rotatable bonds is 7. The van der Waals surface area contributed by atoms with E-state index in [2.05, 4.69) is 9.89 Å². The van der Waals surface area contributed by atoms with Gasteiger partial charge in [-0.15, -0.1) is 0 Å². The van der Waals surface area contributed by atoms with Gasteiger partial charge in [0.15, 0.2) is 0 Å². The summed E-state index contributed by atoms with van der Waals surface area (Å²) in [5, 5.41) is -0.510. The summed E-state index contributed by atoms with van der Waals surface area (Å²) >= 11 is 12.7. The van der Waals surface area contributed by atoms with Gasteiger partial charge in [0.05, 0.1) is 58.1 Å². The molecule has 17 heteroatoms. The van der Waals surface area contributed by atoms with Crippen LogP contribution in [0.1, 0.15) is 54.2 Å². The van der Waals surface area contributed by atoms with E-state index in [0.29, 0.717) is 67.2 Å². The quantitative estimate of drug-likeness (QED) is 0.224. The first-order valence-corrected chi connectivity index (χ1v) is 17.0. The standard InChI is InChI=1S/C33H38Cl2F4N8O3/c1-45(2)30(48)28(41)27(35)24-15-46(7-4-6-42-24)29-21-16-49-25(20-9-19(40)10-22(34)26(20)33(37,38)39)11-23(21)43-31(44-29)50-17-32-5-3-8-47(32)14-18(12-32)13-36/h9-10,13,25H,3-8,11-12,14-17,40-41H2,1-2H3/b18-13-,28-27?/t25-,32-/m0/s1. The van der Waals surface area contributed by atoms with Crippen molar-refractivity contribution in [3.8, 4) is 6.01 Å². The smallest absolute Gasteiger partial charge is 0.418 e. The molecule has 4 aliphatic heterocycles. The van der Waals surface area contributed by atoms with Crippen molar-refractivity contribution in [1.29, 1.82) is 0 Å². The molecule has 6 rings (SSSR count). The molecule has 0 aliphatic carbocycles. The predicted octanol–water partition coefficient (Wildman–Crippen LogP) is 5.16. The van der Waals surface area contributed by atoms with Crippen molar-refractivity contribution >= 4 is 46.3 Å². The number of hydrogen-bond donors (Lipinski definition) is 2. The summed E-state index contributed by atoms with van der Waals surface area (Å²) < 4.78 is 68.7. The Morgan fingerprint density at radius 2 is 2.00 bits per heavy atom. The largest absolute Gasteiger partial charge is 0.461 e. The third-order valence-corrected chi connectivity index (χ3v) is 10.3. The molecular weight excluding hydrogens is 703 g/mol. The summed E-state index contributed by atoms with van der Waals surface area (Å²) in [6.45, 7) is 2.38. The van der Waals surface area contributed by atoms with Crippen molar-refractivity contribution in [1.82, 2.24) is 19.8 Å². The lowest BCUT2D eigenvalue weighted by Gasteiger charge is -2.33. The van der Waals surface area contributed by atoms with Crippen molar-refractivity contribution in [3.63, 3.8) is 0 Å². The van der Waals surface area contributed by atoms with E-state index in [1.807, 2.05) is 4.90 Å². The number of carbonyl (C=O) groups excluding carboxylic acids is 1. The third-order valence-electron chi connectivity index (χ3n) is 9.60. The maximum absolute atomic E-state index is 14.2. The van der Waals surface area contributed by atoms with Gasteiger partial charge < -0.3 is 30.7 Å². The van der Waals surface area contributed by atoms with Gasteiger partial charge in [0, 0.05) is 51.4 Å². The number of nitrogens with zero attached hydrogens (tertiary/aromatic N) is 6. The van der Waals surface area contributed by atoms with Crippen molar-refractivity contribution in [3.05, 3.63) is 62.2 Å². The molecular formula is C33H38Cl2F4N8O3. The molecule has 2 saturated heterocycles. The highest BCUT2D eigenvalue weighted by molar-refractivity contribution is 6.45. The van der Waals surface area contributed by atoms with Crippen molar-refractivity contribution in [2.45, 2.75) is 56.5 Å². The zero-order valence-electron chi connectivity index (χ0n) is 27.6. The predicted molar refractivity (Wildman–Crippen MR) is 182 cm³/mol. The summed E-state index contributed by atoms with van der Waals surface area (Å²) in [5.41, 5.74) is 12.4. The molecule has 4 N–H and O–H groups in total. The molecule has 11 nitrogen and oxygen atoms in total. The molecule has 50 heavy (non-hydrogen) atoms. The molecule has 270 valence electrons. The number of fused-ring (bicyclic) bond motifs is 2. The second-order valence-corrected chi connectivity index (χ2v) is 14.0. The number of nitrogen functional groups attached to an aromatic ring is 1. The number of amides is 1. The topological polar surface area (TPSA) is 135 Å². The lowest BCUT2D eigenvalue weighted by atomic mass is 9.94. The Labute approximate surface area is 296 Å². The lowest BCUT2D eigenvalue weighted by molar-refractivity contribution is -0.139. The van der Waals surface area contributed by atoms with Gasteiger partial charge in [0.25, 0.3) is 5.91 Å². The van der Waals surface area contributed by atoms with Crippen LogP contribution in [-0.4, -0.2) is 90.4 Å². The van der Waals surface area contributed by atoms with Gasteiger partial charge in [-0.3, -0.25) is 14.7 Å². The molecule has 1 aromatic heterocycles. The molecule has 2 aromatic rings. The number of alkyl halides is 3. The maximum Gasteiger partial charge on any atom is 0.418 e. The van der Waals surface area contributed by atoms with Crippen LogP contribution in [0.15, 0.2) is 39.8 Å². The van der Waals surface area contributed by atoms with Crippen LogP contribution in [0, 0.1) is 0 Å². The molecule has 0 bridgehead atoms. The SMILES string of the molecule is CN(C)C(=O)C(N)=C(Cl)C1=NCCCN(c2nc(OC[C@@]34CCCN3C/C(=C\F)C4)nc3c2CO[C@H](c2cc(N)cc(Cl)c2C(F)(F)F)C3)C1. The zero-order valence-corrected chi connectivity index (χ0v) is 29.1. The number of carbonyl (C=O) groups is 1. The van der Waals surface area contributed by atoms with Gasteiger partial charge in [0.2, 0.25) is 0 Å². The number of aromatic nitrogens is 2. The van der Waals surface area contributed by atoms with Crippen LogP contribution in [0.2, 0.25) is 5.02 Å². The number of nitrogens with two attached hydrogens (primary N) is 2. The van der Waals surface area contributed by atoms with Crippen molar-refractivity contribution in [2.75, 3.05) is 64.1 Å². The highest BCUT2D eigenvalue weighted by Gasteiger charge is 2.47. The van der Waals surface area contributed by atoms with E-state index < -0.39 is 34.3 Å². The average molecular weight is 742 g/mol. The van der Waals surface area contributed by atoms with E-state index in [9.17, 15) is 22.4 Å². The van der Waals surface area contributed by atoms with E-state index >= 15 is 0 Å². The zero-order chi connectivity index (χ0) is 36.0. The van der Waals surface area contributed by atoms with Gasteiger partial charge in [-0.05, 0) is 55.5 Å². The first kappa shape index (κ1) is 36.1. The molecule has 4 aliphatic rings. The third kappa shape index (κ3) is 7.10. The van der Waals surface area contributed by atoms with Gasteiger partial charge >= 0.3 is 12.2 Å². The highest BCUT2D eigenvalue weighted by Crippen LogP contribution is 2.45. The summed E-state index contributed by atoms with van der Waals surface area (Å²) in [5.74, 6) is -0.0425. The van der Waals surface area contributed by atoms with Gasteiger partial charge in [0.1, 0.15) is 18.1 Å². The lowest BCUT2D eigenvalue weighted by Crippen LogP contribution is -2.43. The van der Waals surface area contributed by atoms with Gasteiger partial charge in [-0.2, -0.15) is 23.1 Å². The molecule has 2 fully saturated rings. The van der Waals surface area contributed by atoms with Crippen LogP contribution in [0.5, 0.6) is 6.01 Å². The Bertz CT molecular complexity index is 1770. The van der Waals surface area contributed by atoms with Crippen molar-refractivity contribution in [2.24, 2.45) is 10.7 Å². The van der Waals surface area contributed by atoms with Gasteiger partial charge in [-0.25, -0.2) is 4.39 Å². The molecule has 0 spiro atoms. The fourth-order valence-corrected chi connectivity index (χ4v) is 7.75. The van der Waals surface area contributed by atoms with Crippen LogP contribution in [0.3, 0.4) is 0 Å². The van der Waals surface area contributed by atoms with Crippen LogP contribution < -0.4 is 21.1 Å². The Morgan fingerprint density at radius 3 is 2.72 bits per heavy atom. The van der Waals surface area contributed by atoms with E-state index in [4.69, 9.17) is 54.1 Å². The number of benzene rings is 1.